The van der Waals surface area contributed by atoms with Crippen molar-refractivity contribution in [2.24, 2.45) is 22.7 Å². The highest BCUT2D eigenvalue weighted by Gasteiger charge is 2.80. The van der Waals surface area contributed by atoms with Crippen molar-refractivity contribution in [3.8, 4) is 5.75 Å². The molecule has 0 bridgehead atoms. The van der Waals surface area contributed by atoms with Gasteiger partial charge in [0.15, 0.2) is 29.1 Å². The van der Waals surface area contributed by atoms with Crippen LogP contribution in [0.4, 0.5) is 8.78 Å². The number of hydrogen-bond acceptors (Lipinski definition) is 7. The van der Waals surface area contributed by atoms with E-state index in [4.69, 9.17) is 9.47 Å². The van der Waals surface area contributed by atoms with E-state index in [9.17, 15) is 24.9 Å². The van der Waals surface area contributed by atoms with Crippen LogP contribution in [0.5, 0.6) is 5.75 Å². The summed E-state index contributed by atoms with van der Waals surface area (Å²) in [6.07, 6.45) is -0.823. The highest BCUT2D eigenvalue weighted by atomic mass is 19.1. The number of fused-ring (bicyclic) bond motifs is 7. The normalized spacial score (nSPS) is 42.2. The molecule has 44 heavy (non-hydrogen) atoms. The molecule has 0 spiro atoms. The number of ketones is 2. The smallest absolute Gasteiger partial charge is 0.193 e. The summed E-state index contributed by atoms with van der Waals surface area (Å²) in [4.78, 5) is 25.8. The molecule has 3 N–H and O–H groups in total. The quantitative estimate of drug-likeness (QED) is 0.455. The van der Waals surface area contributed by atoms with Crippen LogP contribution < -0.4 is 0 Å². The second-order valence-corrected chi connectivity index (χ2v) is 13.6. The van der Waals surface area contributed by atoms with Crippen molar-refractivity contribution in [2.75, 3.05) is 6.61 Å². The first kappa shape index (κ1) is 29.5. The van der Waals surface area contributed by atoms with Crippen molar-refractivity contribution in [1.29, 1.82) is 0 Å². The number of alkyl halides is 2. The number of phenolic OH excluding ortho intramolecular Hbond substituents is 1. The molecule has 232 valence electrons. The molecule has 10 atom stereocenters. The number of rotatable bonds is 5. The zero-order valence-electron chi connectivity index (χ0n) is 24.6. The number of phenols is 1. The van der Waals surface area contributed by atoms with E-state index >= 15 is 8.78 Å². The number of Topliss-reactive ketones (excluding diaryl/α,β-unsaturated/α-hetero) is 1. The Morgan fingerprint density at radius 3 is 2.34 bits per heavy atom. The number of carbonyl (C=O) groups excluding carboxylic acids is 2. The molecule has 9 heteroatoms. The fourth-order valence-corrected chi connectivity index (χ4v) is 9.36. The lowest BCUT2D eigenvalue weighted by Crippen LogP contribution is -2.70. The van der Waals surface area contributed by atoms with Gasteiger partial charge in [-0.25, -0.2) is 8.78 Å². The predicted octanol–water partition coefficient (Wildman–Crippen LogP) is 4.63. The molecular weight excluding hydrogens is 570 g/mol. The van der Waals surface area contributed by atoms with Crippen molar-refractivity contribution < 1.29 is 43.2 Å². The third-order valence-electron chi connectivity index (χ3n) is 11.5. The first-order valence-electron chi connectivity index (χ1n) is 15.2. The molecule has 3 saturated carbocycles. The molecule has 0 radical (unpaired) electrons. The van der Waals surface area contributed by atoms with Crippen molar-refractivity contribution in [1.82, 2.24) is 0 Å². The SMILES string of the molecule is C[C@]12C=CC(=O)C=C1[C@@H](F)C[C@H]1[C@@H]3C[C@H]4O[C@@H](c5ccc(Cc6ccc(O)cc6)cc5)O[C@@]4(C(=O)CO)[C@@]3(C)C[C@H](O)[C@@]12F. The van der Waals surface area contributed by atoms with Crippen LogP contribution in [0.25, 0.3) is 0 Å². The number of aromatic hydroxyl groups is 1. The van der Waals surface area contributed by atoms with Gasteiger partial charge in [0, 0.05) is 22.3 Å². The van der Waals surface area contributed by atoms with Crippen LogP contribution in [0.1, 0.15) is 56.1 Å². The fourth-order valence-electron chi connectivity index (χ4n) is 9.36. The summed E-state index contributed by atoms with van der Waals surface area (Å²) >= 11 is 0. The lowest BCUT2D eigenvalue weighted by Gasteiger charge is -2.63. The van der Waals surface area contributed by atoms with Crippen LogP contribution in [0.15, 0.2) is 72.3 Å². The lowest BCUT2D eigenvalue weighted by atomic mass is 9.44. The molecule has 1 aliphatic heterocycles. The molecular formula is C35H36F2O7. The fraction of sp³-hybridized carbons (Fsp3) is 0.486. The van der Waals surface area contributed by atoms with Gasteiger partial charge in [0.25, 0.3) is 0 Å². The van der Waals surface area contributed by atoms with Gasteiger partial charge in [-0.1, -0.05) is 49.4 Å². The number of aliphatic hydroxyl groups excluding tert-OH is 2. The summed E-state index contributed by atoms with van der Waals surface area (Å²) in [5.74, 6) is -2.43. The molecule has 7 nitrogen and oxygen atoms in total. The minimum absolute atomic E-state index is 0.0344. The molecule has 1 heterocycles. The second-order valence-electron chi connectivity index (χ2n) is 13.6. The van der Waals surface area contributed by atoms with E-state index in [1.165, 1.54) is 19.1 Å². The summed E-state index contributed by atoms with van der Waals surface area (Å²) in [5, 5.41) is 31.3. The molecule has 7 rings (SSSR count). The number of benzene rings is 2. The average Bonchev–Trinajstić information content (AvgIpc) is 3.50. The van der Waals surface area contributed by atoms with Crippen LogP contribution in [-0.4, -0.2) is 63.1 Å². The van der Waals surface area contributed by atoms with Gasteiger partial charge in [-0.15, -0.1) is 0 Å². The van der Waals surface area contributed by atoms with Crippen molar-refractivity contribution in [2.45, 2.75) is 75.5 Å². The number of hydrogen-bond donors (Lipinski definition) is 3. The molecule has 0 aromatic heterocycles. The Morgan fingerprint density at radius 2 is 1.68 bits per heavy atom. The van der Waals surface area contributed by atoms with Gasteiger partial charge in [-0.2, -0.15) is 0 Å². The number of allylic oxidation sites excluding steroid dienone is 4. The molecule has 4 aliphatic carbocycles. The number of halogens is 2. The second kappa shape index (κ2) is 9.88. The van der Waals surface area contributed by atoms with Gasteiger partial charge in [0.05, 0.1) is 12.2 Å². The van der Waals surface area contributed by atoms with Gasteiger partial charge in [0.2, 0.25) is 0 Å². The maximum Gasteiger partial charge on any atom is 0.193 e. The van der Waals surface area contributed by atoms with E-state index in [0.29, 0.717) is 12.0 Å². The van der Waals surface area contributed by atoms with Gasteiger partial charge >= 0.3 is 0 Å². The summed E-state index contributed by atoms with van der Waals surface area (Å²) in [5.41, 5.74) is -3.95. The summed E-state index contributed by atoms with van der Waals surface area (Å²) in [7, 11) is 0. The van der Waals surface area contributed by atoms with Crippen LogP contribution in [0.2, 0.25) is 0 Å². The van der Waals surface area contributed by atoms with Crippen LogP contribution in [0, 0.1) is 22.7 Å². The largest absolute Gasteiger partial charge is 0.508 e. The number of aliphatic hydroxyl groups is 2. The Hall–Kier alpha value is -3.24. The van der Waals surface area contributed by atoms with Crippen molar-refractivity contribution >= 4 is 11.6 Å². The van der Waals surface area contributed by atoms with E-state index < -0.39 is 76.8 Å². The molecule has 0 amide bonds. The standard InChI is InChI=1S/C35H36F2O7/c1-32-12-11-23(40)14-26(32)27(36)15-25-24-16-30-35(29(42)18-38,33(24,2)17-28(41)34(25,32)37)44-31(43-30)21-7-3-19(4-8-21)13-20-5-9-22(39)10-6-20/h3-12,14,24-25,27-28,30-31,38-39,41H,13,15-18H2,1-2H3/t24-,25-,27-,28-,30+,31+,32-,33-,34-,35+/m0/s1. The van der Waals surface area contributed by atoms with Gasteiger partial charge < -0.3 is 24.8 Å². The van der Waals surface area contributed by atoms with Gasteiger partial charge in [0.1, 0.15) is 18.5 Å². The van der Waals surface area contributed by atoms with Crippen molar-refractivity contribution in [3.05, 3.63) is 89.0 Å². The van der Waals surface area contributed by atoms with Crippen molar-refractivity contribution in [3.63, 3.8) is 0 Å². The van der Waals surface area contributed by atoms with E-state index in [1.807, 2.05) is 36.4 Å². The summed E-state index contributed by atoms with van der Waals surface area (Å²) in [6.45, 7) is 2.47. The summed E-state index contributed by atoms with van der Waals surface area (Å²) in [6, 6.07) is 14.5. The summed E-state index contributed by atoms with van der Waals surface area (Å²) < 4.78 is 46.2. The van der Waals surface area contributed by atoms with Crippen LogP contribution in [-0.2, 0) is 25.5 Å². The Balaban J connectivity index is 1.21. The Kier molecular flexibility index (Phi) is 6.62. The van der Waals surface area contributed by atoms with Crippen LogP contribution >= 0.6 is 0 Å². The number of ether oxygens (including phenoxy) is 2. The monoisotopic (exact) mass is 606 g/mol. The first-order chi connectivity index (χ1) is 20.9. The predicted molar refractivity (Wildman–Crippen MR) is 155 cm³/mol. The third-order valence-corrected chi connectivity index (χ3v) is 11.5. The topological polar surface area (TPSA) is 113 Å². The van der Waals surface area contributed by atoms with E-state index in [1.54, 1.807) is 19.1 Å². The van der Waals surface area contributed by atoms with E-state index in [-0.39, 0.29) is 30.6 Å². The van der Waals surface area contributed by atoms with E-state index in [0.717, 1.165) is 17.2 Å². The Bertz CT molecular complexity index is 1570. The highest BCUT2D eigenvalue weighted by molar-refractivity contribution is 6.01. The zero-order chi connectivity index (χ0) is 31.2. The Labute approximate surface area is 254 Å². The molecule has 2 aromatic carbocycles. The lowest BCUT2D eigenvalue weighted by molar-refractivity contribution is -0.235. The molecule has 2 aromatic rings. The molecule has 1 saturated heterocycles. The van der Waals surface area contributed by atoms with Crippen LogP contribution in [0.3, 0.4) is 0 Å². The van der Waals surface area contributed by atoms with Gasteiger partial charge in [-0.05, 0) is 79.5 Å². The molecule has 5 aliphatic rings. The highest BCUT2D eigenvalue weighted by Crippen LogP contribution is 2.72. The van der Waals surface area contributed by atoms with E-state index in [2.05, 4.69) is 0 Å². The average molecular weight is 607 g/mol. The molecule has 0 unspecified atom stereocenters. The maximum absolute atomic E-state index is 17.5. The number of carbonyl (C=O) groups is 2. The minimum atomic E-state index is -2.29. The first-order valence-corrected chi connectivity index (χ1v) is 15.2. The Morgan fingerprint density at radius 1 is 1.02 bits per heavy atom. The minimum Gasteiger partial charge on any atom is -0.508 e. The van der Waals surface area contributed by atoms with Gasteiger partial charge in [-0.3, -0.25) is 9.59 Å². The third kappa shape index (κ3) is 3.79. The zero-order valence-corrected chi connectivity index (χ0v) is 24.6. The molecule has 4 fully saturated rings. The maximum atomic E-state index is 17.5.